The molecule has 0 radical (unpaired) electrons. The highest BCUT2D eigenvalue weighted by atomic mass is 16.6. The van der Waals surface area contributed by atoms with E-state index in [0.29, 0.717) is 30.1 Å². The van der Waals surface area contributed by atoms with Crippen LogP contribution in [-0.4, -0.2) is 73.0 Å². The molecule has 4 rings (SSSR count). The first-order valence-corrected chi connectivity index (χ1v) is 17.2. The molecule has 0 fully saturated rings. The van der Waals surface area contributed by atoms with E-state index in [4.69, 9.17) is 14.2 Å². The second-order valence-corrected chi connectivity index (χ2v) is 13.4. The highest BCUT2D eigenvalue weighted by molar-refractivity contribution is 6.07. The predicted molar refractivity (Wildman–Crippen MR) is 194 cm³/mol. The van der Waals surface area contributed by atoms with Crippen LogP contribution in [0.5, 0.6) is 0 Å². The Morgan fingerprint density at radius 1 is 0.940 bits per heavy atom. The SMILES string of the molecule is CCCOCCOC(=O)C1C(C)=NC(C)=C(C(=O)OC(C)(C)CN(C)CCC(c2ccccc2)c2ccccc2)C1c1cccc([N+](=O)[O-])c1. The first kappa shape index (κ1) is 38.1. The zero-order valence-corrected chi connectivity index (χ0v) is 30.0. The molecule has 2 unspecified atom stereocenters. The number of non-ortho nitro benzene ring substituents is 1. The van der Waals surface area contributed by atoms with Crippen molar-refractivity contribution in [3.63, 3.8) is 0 Å². The van der Waals surface area contributed by atoms with Crippen LogP contribution in [0.4, 0.5) is 5.69 Å². The molecule has 0 aliphatic carbocycles. The van der Waals surface area contributed by atoms with E-state index in [2.05, 4.69) is 58.4 Å². The number of hydrogen-bond acceptors (Lipinski definition) is 9. The molecule has 10 heteroatoms. The van der Waals surface area contributed by atoms with Gasteiger partial charge in [-0.15, -0.1) is 0 Å². The minimum atomic E-state index is -0.992. The topological polar surface area (TPSA) is 121 Å². The van der Waals surface area contributed by atoms with Gasteiger partial charge in [-0.3, -0.25) is 19.9 Å². The fraction of sp³-hybridized carbons (Fsp3) is 0.425. The lowest BCUT2D eigenvalue weighted by atomic mass is 9.75. The number of rotatable bonds is 17. The number of nitrogens with zero attached hydrogens (tertiary/aromatic N) is 3. The van der Waals surface area contributed by atoms with E-state index in [0.717, 1.165) is 19.4 Å². The number of esters is 2. The zero-order valence-electron chi connectivity index (χ0n) is 30.0. The van der Waals surface area contributed by atoms with E-state index in [9.17, 15) is 19.7 Å². The smallest absolute Gasteiger partial charge is 0.337 e. The monoisotopic (exact) mass is 683 g/mol. The molecule has 0 aromatic heterocycles. The van der Waals surface area contributed by atoms with Gasteiger partial charge in [0.05, 0.1) is 17.1 Å². The second kappa shape index (κ2) is 17.8. The summed E-state index contributed by atoms with van der Waals surface area (Å²) in [6.45, 7) is 11.1. The van der Waals surface area contributed by atoms with Gasteiger partial charge in [-0.1, -0.05) is 79.7 Å². The lowest BCUT2D eigenvalue weighted by Gasteiger charge is -2.35. The molecule has 0 saturated heterocycles. The first-order valence-electron chi connectivity index (χ1n) is 17.2. The number of ether oxygens (including phenoxy) is 3. The van der Waals surface area contributed by atoms with E-state index in [-0.39, 0.29) is 30.4 Å². The predicted octanol–water partition coefficient (Wildman–Crippen LogP) is 7.49. The van der Waals surface area contributed by atoms with Crippen LogP contribution in [0.3, 0.4) is 0 Å². The fourth-order valence-corrected chi connectivity index (χ4v) is 6.65. The summed E-state index contributed by atoms with van der Waals surface area (Å²) in [6.07, 6.45) is 1.69. The van der Waals surface area contributed by atoms with Crippen LogP contribution < -0.4 is 0 Å². The van der Waals surface area contributed by atoms with Crippen molar-refractivity contribution >= 4 is 23.3 Å². The molecular formula is C40H49N3O7. The maximum Gasteiger partial charge on any atom is 0.337 e. The van der Waals surface area contributed by atoms with E-state index >= 15 is 0 Å². The van der Waals surface area contributed by atoms with Gasteiger partial charge in [0.25, 0.3) is 5.69 Å². The van der Waals surface area contributed by atoms with Gasteiger partial charge in [0.2, 0.25) is 0 Å². The molecule has 0 spiro atoms. The Bertz CT molecular complexity index is 1630. The van der Waals surface area contributed by atoms with Crippen LogP contribution in [0.15, 0.2) is 101 Å². The van der Waals surface area contributed by atoms with Crippen molar-refractivity contribution in [1.29, 1.82) is 0 Å². The summed E-state index contributed by atoms with van der Waals surface area (Å²) in [5.74, 6) is -2.93. The highest BCUT2D eigenvalue weighted by Crippen LogP contribution is 2.41. The Kier molecular flexibility index (Phi) is 13.6. The van der Waals surface area contributed by atoms with Gasteiger partial charge in [-0.25, -0.2) is 4.79 Å². The van der Waals surface area contributed by atoms with Crippen molar-refractivity contribution in [3.8, 4) is 0 Å². The summed E-state index contributed by atoms with van der Waals surface area (Å²) in [4.78, 5) is 45.8. The standard InChI is InChI=1S/C40H49N3O7/c1-7-23-48-24-25-49-38(44)35-28(2)41-29(3)36(37(35)32-19-14-20-33(26-32)43(46)47)39(45)50-40(4,5)27-42(6)22-21-34(30-15-10-8-11-16-30)31-17-12-9-13-18-31/h8-20,26,34-35,37H,7,21-25,27H2,1-6H3. The average molecular weight is 684 g/mol. The lowest BCUT2D eigenvalue weighted by molar-refractivity contribution is -0.384. The molecule has 266 valence electrons. The van der Waals surface area contributed by atoms with Crippen LogP contribution in [0.25, 0.3) is 0 Å². The Balaban J connectivity index is 1.54. The molecular weight excluding hydrogens is 634 g/mol. The summed E-state index contributed by atoms with van der Waals surface area (Å²) in [7, 11) is 2.00. The zero-order chi connectivity index (χ0) is 36.3. The minimum absolute atomic E-state index is 0.0293. The number of aliphatic imine (C=N–C) groups is 1. The molecule has 0 amide bonds. The maximum absolute atomic E-state index is 14.2. The van der Waals surface area contributed by atoms with Gasteiger partial charge in [-0.05, 0) is 70.8 Å². The van der Waals surface area contributed by atoms with Gasteiger partial charge in [0.1, 0.15) is 18.1 Å². The number of allylic oxidation sites excluding steroid dienone is 1. The fourth-order valence-electron chi connectivity index (χ4n) is 6.65. The Labute approximate surface area is 295 Å². The number of likely N-dealkylation sites (N-methyl/N-ethyl adjacent to an activating group) is 1. The van der Waals surface area contributed by atoms with Crippen molar-refractivity contribution in [1.82, 2.24) is 4.90 Å². The van der Waals surface area contributed by atoms with Gasteiger partial charge in [0, 0.05) is 48.5 Å². The minimum Gasteiger partial charge on any atom is -0.463 e. The number of carbonyl (C=O) groups excluding carboxylic acids is 2. The van der Waals surface area contributed by atoms with Crippen molar-refractivity contribution < 1.29 is 28.7 Å². The van der Waals surface area contributed by atoms with Crippen LogP contribution in [0.2, 0.25) is 0 Å². The molecule has 2 atom stereocenters. The number of carbonyl (C=O) groups is 2. The third kappa shape index (κ3) is 10.2. The largest absolute Gasteiger partial charge is 0.463 e. The molecule has 3 aromatic carbocycles. The number of hydrogen-bond donors (Lipinski definition) is 0. The van der Waals surface area contributed by atoms with Crippen molar-refractivity contribution in [2.75, 3.05) is 40.0 Å². The lowest BCUT2D eigenvalue weighted by Crippen LogP contribution is -2.43. The summed E-state index contributed by atoms with van der Waals surface area (Å²) < 4.78 is 17.3. The summed E-state index contributed by atoms with van der Waals surface area (Å²) in [6, 6.07) is 26.8. The third-order valence-corrected chi connectivity index (χ3v) is 8.79. The van der Waals surface area contributed by atoms with Crippen LogP contribution >= 0.6 is 0 Å². The normalized spacial score (nSPS) is 16.4. The first-order chi connectivity index (χ1) is 23.9. The number of nitro benzene ring substituents is 1. The molecule has 10 nitrogen and oxygen atoms in total. The molecule has 1 aliphatic heterocycles. The second-order valence-electron chi connectivity index (χ2n) is 13.4. The van der Waals surface area contributed by atoms with E-state index < -0.39 is 34.3 Å². The van der Waals surface area contributed by atoms with Gasteiger partial charge in [-0.2, -0.15) is 0 Å². The molecule has 0 bridgehead atoms. The Morgan fingerprint density at radius 3 is 2.18 bits per heavy atom. The quantitative estimate of drug-likeness (QED) is 0.0621. The summed E-state index contributed by atoms with van der Waals surface area (Å²) in [5.41, 5.74) is 2.82. The van der Waals surface area contributed by atoms with Crippen LogP contribution in [0, 0.1) is 16.0 Å². The molecule has 0 saturated carbocycles. The van der Waals surface area contributed by atoms with E-state index in [1.807, 2.05) is 40.0 Å². The molecule has 0 N–H and O–H groups in total. The van der Waals surface area contributed by atoms with E-state index in [1.54, 1.807) is 26.0 Å². The summed E-state index contributed by atoms with van der Waals surface area (Å²) >= 11 is 0. The third-order valence-electron chi connectivity index (χ3n) is 8.79. The van der Waals surface area contributed by atoms with Crippen molar-refractivity contribution in [2.45, 2.75) is 64.9 Å². The van der Waals surface area contributed by atoms with Crippen LogP contribution in [-0.2, 0) is 23.8 Å². The molecule has 50 heavy (non-hydrogen) atoms. The van der Waals surface area contributed by atoms with Gasteiger partial charge < -0.3 is 19.1 Å². The molecule has 1 heterocycles. The summed E-state index contributed by atoms with van der Waals surface area (Å²) in [5, 5.41) is 11.7. The van der Waals surface area contributed by atoms with Gasteiger partial charge >= 0.3 is 11.9 Å². The number of benzene rings is 3. The van der Waals surface area contributed by atoms with Crippen molar-refractivity contribution in [2.24, 2.45) is 10.9 Å². The van der Waals surface area contributed by atoms with Crippen LogP contribution in [0.1, 0.15) is 76.0 Å². The number of nitro groups is 1. The van der Waals surface area contributed by atoms with Crippen molar-refractivity contribution in [3.05, 3.63) is 123 Å². The highest BCUT2D eigenvalue weighted by Gasteiger charge is 2.44. The van der Waals surface area contributed by atoms with E-state index in [1.165, 1.54) is 23.3 Å². The average Bonchev–Trinajstić information content (AvgIpc) is 3.08. The Hall–Kier alpha value is -4.67. The van der Waals surface area contributed by atoms with Gasteiger partial charge in [0.15, 0.2) is 0 Å². The Morgan fingerprint density at radius 2 is 1.58 bits per heavy atom. The maximum atomic E-state index is 14.2. The molecule has 1 aliphatic rings. The molecule has 3 aromatic rings.